The first-order chi connectivity index (χ1) is 6.19. The number of rotatable bonds is 3. The number of nitrogen functional groups attached to an aromatic ring is 1. The molecule has 0 heterocycles. The first kappa shape index (κ1) is 9.38. The van der Waals surface area contributed by atoms with Gasteiger partial charge in [0.25, 0.3) is 0 Å². The van der Waals surface area contributed by atoms with Crippen molar-refractivity contribution < 1.29 is 4.79 Å². The van der Waals surface area contributed by atoms with E-state index in [0.29, 0.717) is 5.69 Å². The van der Waals surface area contributed by atoms with E-state index >= 15 is 0 Å². The third-order valence-corrected chi connectivity index (χ3v) is 1.87. The van der Waals surface area contributed by atoms with Gasteiger partial charge in [0.15, 0.2) is 0 Å². The molecule has 0 atom stereocenters. The topological polar surface area (TPSA) is 58.4 Å². The Morgan fingerprint density at radius 1 is 1.54 bits per heavy atom. The molecule has 0 aliphatic rings. The molecule has 70 valence electrons. The molecule has 1 amide bonds. The van der Waals surface area contributed by atoms with Crippen LogP contribution in [0.1, 0.15) is 0 Å². The van der Waals surface area contributed by atoms with Gasteiger partial charge in [0.2, 0.25) is 6.41 Å². The van der Waals surface area contributed by atoms with Gasteiger partial charge >= 0.3 is 0 Å². The number of anilines is 3. The minimum absolute atomic E-state index is 0.633. The second-order valence-electron chi connectivity index (χ2n) is 2.74. The average molecular weight is 179 g/mol. The fourth-order valence-corrected chi connectivity index (χ4v) is 1.06. The summed E-state index contributed by atoms with van der Waals surface area (Å²) in [6.45, 7) is 0. The number of carbonyl (C=O) groups is 1. The van der Waals surface area contributed by atoms with Crippen LogP contribution in [-0.2, 0) is 4.79 Å². The lowest BCUT2D eigenvalue weighted by atomic mass is 10.2. The summed E-state index contributed by atoms with van der Waals surface area (Å²) in [5.41, 5.74) is 8.00. The van der Waals surface area contributed by atoms with Gasteiger partial charge in [-0.2, -0.15) is 0 Å². The molecule has 0 aliphatic heterocycles. The molecule has 3 N–H and O–H groups in total. The summed E-state index contributed by atoms with van der Waals surface area (Å²) < 4.78 is 0. The lowest BCUT2D eigenvalue weighted by Crippen LogP contribution is -2.13. The molecule has 4 heteroatoms. The maximum absolute atomic E-state index is 10.4. The zero-order chi connectivity index (χ0) is 9.84. The lowest BCUT2D eigenvalue weighted by Gasteiger charge is -2.13. The average Bonchev–Trinajstić information content (AvgIpc) is 2.16. The van der Waals surface area contributed by atoms with E-state index in [-0.39, 0.29) is 0 Å². The molecule has 0 spiro atoms. The highest BCUT2D eigenvalue weighted by molar-refractivity contribution is 5.79. The van der Waals surface area contributed by atoms with Crippen molar-refractivity contribution in [3.05, 3.63) is 18.2 Å². The van der Waals surface area contributed by atoms with Crippen LogP contribution in [0.4, 0.5) is 17.1 Å². The van der Waals surface area contributed by atoms with Crippen LogP contribution in [0.25, 0.3) is 0 Å². The van der Waals surface area contributed by atoms with E-state index in [1.165, 1.54) is 4.90 Å². The molecule has 13 heavy (non-hydrogen) atoms. The molecule has 0 fully saturated rings. The van der Waals surface area contributed by atoms with Crippen LogP contribution in [0.3, 0.4) is 0 Å². The molecule has 4 nitrogen and oxygen atoms in total. The van der Waals surface area contributed by atoms with E-state index in [1.807, 2.05) is 12.1 Å². The maximum atomic E-state index is 10.4. The second-order valence-corrected chi connectivity index (χ2v) is 2.74. The maximum Gasteiger partial charge on any atom is 0.213 e. The van der Waals surface area contributed by atoms with Gasteiger partial charge in [0, 0.05) is 19.8 Å². The first-order valence-corrected chi connectivity index (χ1v) is 3.94. The van der Waals surface area contributed by atoms with Crippen molar-refractivity contribution in [2.75, 3.05) is 30.0 Å². The minimum Gasteiger partial charge on any atom is -0.397 e. The second kappa shape index (κ2) is 3.80. The van der Waals surface area contributed by atoms with Gasteiger partial charge in [-0.15, -0.1) is 0 Å². The number of nitrogens with two attached hydrogens (primary N) is 1. The van der Waals surface area contributed by atoms with Gasteiger partial charge in [0.05, 0.1) is 11.4 Å². The van der Waals surface area contributed by atoms with Crippen LogP contribution < -0.4 is 16.0 Å². The van der Waals surface area contributed by atoms with Gasteiger partial charge in [0.1, 0.15) is 0 Å². The molecular weight excluding hydrogens is 166 g/mol. The highest BCUT2D eigenvalue weighted by Crippen LogP contribution is 2.23. The van der Waals surface area contributed by atoms with E-state index in [1.54, 1.807) is 20.2 Å². The van der Waals surface area contributed by atoms with E-state index in [0.717, 1.165) is 17.8 Å². The third kappa shape index (κ3) is 1.90. The Morgan fingerprint density at radius 3 is 2.69 bits per heavy atom. The number of nitrogens with one attached hydrogen (secondary N) is 1. The molecule has 0 saturated carbocycles. The highest BCUT2D eigenvalue weighted by atomic mass is 16.1. The van der Waals surface area contributed by atoms with Gasteiger partial charge < -0.3 is 16.0 Å². The van der Waals surface area contributed by atoms with Crippen LogP contribution in [0.2, 0.25) is 0 Å². The summed E-state index contributed by atoms with van der Waals surface area (Å²) >= 11 is 0. The summed E-state index contributed by atoms with van der Waals surface area (Å²) in [7, 11) is 3.48. The molecule has 1 aromatic rings. The Kier molecular flexibility index (Phi) is 2.74. The summed E-state index contributed by atoms with van der Waals surface area (Å²) in [6.07, 6.45) is 0.744. The summed E-state index contributed by atoms with van der Waals surface area (Å²) in [5, 5.41) is 2.95. The summed E-state index contributed by atoms with van der Waals surface area (Å²) in [5.74, 6) is 0. The van der Waals surface area contributed by atoms with Crippen LogP contribution in [0, 0.1) is 0 Å². The molecule has 0 radical (unpaired) electrons. The standard InChI is InChI=1S/C9H13N3O/c1-11-9-4-3-7(5-8(9)10)12(2)6-13/h3-6,11H,10H2,1-2H3. The smallest absolute Gasteiger partial charge is 0.213 e. The summed E-state index contributed by atoms with van der Waals surface area (Å²) in [4.78, 5) is 11.9. The van der Waals surface area contributed by atoms with Crippen molar-refractivity contribution >= 4 is 23.5 Å². The van der Waals surface area contributed by atoms with E-state index in [2.05, 4.69) is 5.32 Å². The number of benzene rings is 1. The Balaban J connectivity index is 3.02. The van der Waals surface area contributed by atoms with Crippen LogP contribution >= 0.6 is 0 Å². The van der Waals surface area contributed by atoms with Crippen LogP contribution in [-0.4, -0.2) is 20.5 Å². The van der Waals surface area contributed by atoms with Gasteiger partial charge in [-0.05, 0) is 18.2 Å². The van der Waals surface area contributed by atoms with Gasteiger partial charge in [-0.3, -0.25) is 4.79 Å². The lowest BCUT2D eigenvalue weighted by molar-refractivity contribution is -0.107. The van der Waals surface area contributed by atoms with Crippen molar-refractivity contribution in [1.29, 1.82) is 0 Å². The van der Waals surface area contributed by atoms with E-state index in [4.69, 9.17) is 5.73 Å². The summed E-state index contributed by atoms with van der Waals surface area (Å²) in [6, 6.07) is 5.42. The molecule has 0 saturated heterocycles. The molecule has 0 aliphatic carbocycles. The molecule has 0 aromatic heterocycles. The predicted octanol–water partition coefficient (Wildman–Crippen LogP) is 0.903. The van der Waals surface area contributed by atoms with Crippen molar-refractivity contribution in [3.8, 4) is 0 Å². The fourth-order valence-electron chi connectivity index (χ4n) is 1.06. The van der Waals surface area contributed by atoms with Gasteiger partial charge in [-0.25, -0.2) is 0 Å². The molecule has 1 aromatic carbocycles. The van der Waals surface area contributed by atoms with E-state index < -0.39 is 0 Å². The first-order valence-electron chi connectivity index (χ1n) is 3.94. The van der Waals surface area contributed by atoms with Crippen molar-refractivity contribution in [2.45, 2.75) is 0 Å². The number of hydrogen-bond donors (Lipinski definition) is 2. The van der Waals surface area contributed by atoms with E-state index in [9.17, 15) is 4.79 Å². The minimum atomic E-state index is 0.633. The number of amides is 1. The van der Waals surface area contributed by atoms with Crippen LogP contribution in [0.5, 0.6) is 0 Å². The normalized spacial score (nSPS) is 9.38. The zero-order valence-corrected chi connectivity index (χ0v) is 7.74. The monoisotopic (exact) mass is 179 g/mol. The highest BCUT2D eigenvalue weighted by Gasteiger charge is 2.01. The van der Waals surface area contributed by atoms with Gasteiger partial charge in [-0.1, -0.05) is 0 Å². The Bertz CT molecular complexity index is 312. The number of carbonyl (C=O) groups excluding carboxylic acids is 1. The van der Waals surface area contributed by atoms with Crippen molar-refractivity contribution in [2.24, 2.45) is 0 Å². The largest absolute Gasteiger partial charge is 0.397 e. The molecule has 1 rings (SSSR count). The Hall–Kier alpha value is -1.71. The number of hydrogen-bond acceptors (Lipinski definition) is 3. The quantitative estimate of drug-likeness (QED) is 0.535. The van der Waals surface area contributed by atoms with Crippen molar-refractivity contribution in [3.63, 3.8) is 0 Å². The molecule has 0 unspecified atom stereocenters. The third-order valence-electron chi connectivity index (χ3n) is 1.87. The fraction of sp³-hybridized carbons (Fsp3) is 0.222. The Labute approximate surface area is 77.3 Å². The molecular formula is C9H13N3O. The Morgan fingerprint density at radius 2 is 2.23 bits per heavy atom. The predicted molar refractivity (Wildman–Crippen MR) is 54.9 cm³/mol. The SMILES string of the molecule is CNc1ccc(N(C)C=O)cc1N. The van der Waals surface area contributed by atoms with Crippen molar-refractivity contribution in [1.82, 2.24) is 0 Å². The molecule has 0 bridgehead atoms. The zero-order valence-electron chi connectivity index (χ0n) is 7.74. The van der Waals surface area contributed by atoms with Crippen LogP contribution in [0.15, 0.2) is 18.2 Å². The number of nitrogens with zero attached hydrogens (tertiary/aromatic N) is 1.